The van der Waals surface area contributed by atoms with Crippen LogP contribution in [0.5, 0.6) is 0 Å². The zero-order valence-corrected chi connectivity index (χ0v) is 23.3. The molecular weight excluding hydrogens is 521 g/mol. The Labute approximate surface area is 240 Å². The molecule has 7 nitrogen and oxygen atoms in total. The number of hydrogen-bond donors (Lipinski definition) is 1. The first-order chi connectivity index (χ1) is 19.9. The molecule has 1 atom stereocenters. The van der Waals surface area contributed by atoms with E-state index >= 15 is 0 Å². The molecule has 0 aromatic heterocycles. The second-order valence-corrected chi connectivity index (χ2v) is 10.7. The van der Waals surface area contributed by atoms with E-state index in [-0.39, 0.29) is 18.4 Å². The number of urea groups is 1. The molecule has 1 fully saturated rings. The first-order valence-corrected chi connectivity index (χ1v) is 14.1. The number of carbonyl (C=O) groups excluding carboxylic acids is 1. The summed E-state index contributed by atoms with van der Waals surface area (Å²) in [6.45, 7) is 3.60. The van der Waals surface area contributed by atoms with Crippen LogP contribution in [0, 0.1) is 5.82 Å². The van der Waals surface area contributed by atoms with Gasteiger partial charge in [0.15, 0.2) is 0 Å². The van der Waals surface area contributed by atoms with Gasteiger partial charge in [-0.1, -0.05) is 60.7 Å². The second-order valence-electron chi connectivity index (χ2n) is 10.7. The molecule has 1 N–H and O–H groups in total. The van der Waals surface area contributed by atoms with Crippen LogP contribution in [0.15, 0.2) is 79.1 Å². The third-order valence-electron chi connectivity index (χ3n) is 8.01. The van der Waals surface area contributed by atoms with Gasteiger partial charge in [-0.05, 0) is 72.2 Å². The molecule has 3 aromatic carbocycles. The summed E-state index contributed by atoms with van der Waals surface area (Å²) in [7, 11) is 0. The van der Waals surface area contributed by atoms with E-state index in [4.69, 9.17) is 4.74 Å². The molecule has 2 aliphatic heterocycles. The number of rotatable bonds is 8. The molecule has 1 saturated heterocycles. The predicted molar refractivity (Wildman–Crippen MR) is 155 cm³/mol. The van der Waals surface area contributed by atoms with Crippen molar-refractivity contribution in [3.05, 3.63) is 113 Å². The Morgan fingerprint density at radius 2 is 1.78 bits per heavy atom. The molecule has 5 rings (SSSR count). The Bertz CT molecular complexity index is 1400. The van der Waals surface area contributed by atoms with Gasteiger partial charge in [0.05, 0.1) is 19.4 Å². The zero-order valence-electron chi connectivity index (χ0n) is 23.3. The largest absolute Gasteiger partial charge is 0.501 e. The van der Waals surface area contributed by atoms with Gasteiger partial charge < -0.3 is 14.7 Å². The number of likely N-dealkylation sites (tertiary alicyclic amines) is 1. The lowest BCUT2D eigenvalue weighted by Crippen LogP contribution is -2.67. The van der Waals surface area contributed by atoms with E-state index in [1.165, 1.54) is 17.0 Å². The van der Waals surface area contributed by atoms with Crippen LogP contribution in [-0.4, -0.2) is 50.7 Å². The summed E-state index contributed by atoms with van der Waals surface area (Å²) in [5.41, 5.74) is 3.30. The third-order valence-corrected chi connectivity index (χ3v) is 8.01. The Hall–Kier alpha value is -4.33. The molecule has 0 spiro atoms. The molecular formula is C33H36FN3O4. The van der Waals surface area contributed by atoms with Crippen LogP contribution in [0.1, 0.15) is 54.0 Å². The van der Waals surface area contributed by atoms with Gasteiger partial charge in [0.2, 0.25) is 0 Å². The second kappa shape index (κ2) is 12.5. The summed E-state index contributed by atoms with van der Waals surface area (Å²) in [4.78, 5) is 32.1. The normalized spacial score (nSPS) is 19.3. The minimum atomic E-state index is -1.11. The molecule has 41 heavy (non-hydrogen) atoms. The van der Waals surface area contributed by atoms with Crippen LogP contribution in [0.2, 0.25) is 0 Å². The fourth-order valence-electron chi connectivity index (χ4n) is 5.98. The fourth-order valence-corrected chi connectivity index (χ4v) is 5.98. The summed E-state index contributed by atoms with van der Waals surface area (Å²) < 4.78 is 19.8. The number of benzene rings is 3. The van der Waals surface area contributed by atoms with Gasteiger partial charge in [-0.15, -0.1) is 0 Å². The highest BCUT2D eigenvalue weighted by Gasteiger charge is 2.50. The van der Waals surface area contributed by atoms with Crippen molar-refractivity contribution in [3.8, 4) is 0 Å². The van der Waals surface area contributed by atoms with Crippen molar-refractivity contribution >= 4 is 18.2 Å². The highest BCUT2D eigenvalue weighted by Crippen LogP contribution is 2.39. The van der Waals surface area contributed by atoms with E-state index in [1.807, 2.05) is 67.6 Å². The monoisotopic (exact) mass is 557 g/mol. The average Bonchev–Trinajstić information content (AvgIpc) is 3.11. The smallest absolute Gasteiger partial charge is 0.409 e. The number of carbonyl (C=O) groups is 2. The Morgan fingerprint density at radius 3 is 2.51 bits per heavy atom. The molecule has 0 aliphatic carbocycles. The van der Waals surface area contributed by atoms with Crippen LogP contribution in [0.4, 0.5) is 14.0 Å². The SMILES string of the molecule is CCO/C=C/c1ccc(CN2Cc3ccc(F)cc3CN(C3(Cc4ccccc4)CCCCN3C(=O)O)C2=O)cc1. The number of amides is 3. The zero-order chi connectivity index (χ0) is 28.8. The maximum atomic E-state index is 14.5. The summed E-state index contributed by atoms with van der Waals surface area (Å²) in [6, 6.07) is 21.9. The molecule has 2 aliphatic rings. The van der Waals surface area contributed by atoms with Gasteiger partial charge in [-0.3, -0.25) is 9.80 Å². The summed E-state index contributed by atoms with van der Waals surface area (Å²) in [5, 5.41) is 10.4. The molecule has 3 amide bonds. The van der Waals surface area contributed by atoms with E-state index in [2.05, 4.69) is 0 Å². The number of carboxylic acid groups (broad SMARTS) is 1. The molecule has 0 radical (unpaired) electrons. The van der Waals surface area contributed by atoms with Gasteiger partial charge in [0, 0.05) is 26.1 Å². The average molecular weight is 558 g/mol. The van der Waals surface area contributed by atoms with Crippen molar-refractivity contribution in [1.82, 2.24) is 14.7 Å². The Kier molecular flexibility index (Phi) is 8.57. The first kappa shape index (κ1) is 28.2. The molecule has 0 bridgehead atoms. The summed E-state index contributed by atoms with van der Waals surface area (Å²) in [5.74, 6) is -0.379. The maximum Gasteiger partial charge on any atom is 0.409 e. The molecule has 8 heteroatoms. The molecule has 0 saturated carbocycles. The van der Waals surface area contributed by atoms with Gasteiger partial charge in [0.1, 0.15) is 11.5 Å². The number of nitrogens with zero attached hydrogens (tertiary/aromatic N) is 3. The quantitative estimate of drug-likeness (QED) is 0.307. The molecule has 3 aromatic rings. The third kappa shape index (κ3) is 6.21. The van der Waals surface area contributed by atoms with Crippen LogP contribution >= 0.6 is 0 Å². The molecule has 1 unspecified atom stereocenters. The molecule has 2 heterocycles. The summed E-state index contributed by atoms with van der Waals surface area (Å²) >= 11 is 0. The van der Waals surface area contributed by atoms with Crippen LogP contribution < -0.4 is 0 Å². The van der Waals surface area contributed by atoms with Gasteiger partial charge in [0.25, 0.3) is 0 Å². The van der Waals surface area contributed by atoms with E-state index in [0.717, 1.165) is 35.1 Å². The minimum Gasteiger partial charge on any atom is -0.501 e. The van der Waals surface area contributed by atoms with Crippen molar-refractivity contribution < 1.29 is 23.8 Å². The van der Waals surface area contributed by atoms with E-state index in [9.17, 15) is 19.1 Å². The van der Waals surface area contributed by atoms with Gasteiger partial charge in [-0.25, -0.2) is 14.0 Å². The van der Waals surface area contributed by atoms with Crippen molar-refractivity contribution in [1.29, 1.82) is 0 Å². The highest BCUT2D eigenvalue weighted by atomic mass is 19.1. The van der Waals surface area contributed by atoms with E-state index < -0.39 is 11.8 Å². The lowest BCUT2D eigenvalue weighted by atomic mass is 9.87. The number of halogens is 1. The standard InChI is InChI=1S/C33H36FN3O4/c1-2-41-19-16-25-10-12-27(13-11-25)22-35-23-28-14-15-30(34)20-29(28)24-37(31(35)38)33(21-26-8-4-3-5-9-26)17-6-7-18-36(33)32(39)40/h3-5,8-16,19-20H,2,6-7,17-18,21-24H2,1H3,(H,39,40)/b19-16+. The Morgan fingerprint density at radius 1 is 1.00 bits per heavy atom. The van der Waals surface area contributed by atoms with Crippen molar-refractivity contribution in [2.75, 3.05) is 13.2 Å². The summed E-state index contributed by atoms with van der Waals surface area (Å²) in [6.07, 6.45) is 4.85. The van der Waals surface area contributed by atoms with Crippen molar-refractivity contribution in [3.63, 3.8) is 0 Å². The van der Waals surface area contributed by atoms with Crippen LogP contribution in [0.25, 0.3) is 6.08 Å². The minimum absolute atomic E-state index is 0.125. The first-order valence-electron chi connectivity index (χ1n) is 14.1. The maximum absolute atomic E-state index is 14.5. The number of ether oxygens (including phenoxy) is 1. The lowest BCUT2D eigenvalue weighted by molar-refractivity contribution is -0.0558. The topological polar surface area (TPSA) is 73.3 Å². The predicted octanol–water partition coefficient (Wildman–Crippen LogP) is 6.87. The number of piperidine rings is 1. The van der Waals surface area contributed by atoms with E-state index in [1.54, 1.807) is 22.1 Å². The van der Waals surface area contributed by atoms with E-state index in [0.29, 0.717) is 44.6 Å². The number of fused-ring (bicyclic) bond motifs is 1. The van der Waals surface area contributed by atoms with Gasteiger partial charge in [-0.2, -0.15) is 0 Å². The van der Waals surface area contributed by atoms with Crippen molar-refractivity contribution in [2.24, 2.45) is 0 Å². The van der Waals surface area contributed by atoms with Crippen LogP contribution in [0.3, 0.4) is 0 Å². The number of hydrogen-bond acceptors (Lipinski definition) is 3. The highest BCUT2D eigenvalue weighted by molar-refractivity contribution is 5.78. The molecule has 214 valence electrons. The fraction of sp³-hybridized carbons (Fsp3) is 0.333. The van der Waals surface area contributed by atoms with Crippen molar-refractivity contribution in [2.45, 2.75) is 57.9 Å². The lowest BCUT2D eigenvalue weighted by Gasteiger charge is -2.52. The Balaban J connectivity index is 1.55. The van der Waals surface area contributed by atoms with Gasteiger partial charge >= 0.3 is 12.1 Å². The van der Waals surface area contributed by atoms with Crippen LogP contribution in [-0.2, 0) is 30.8 Å².